The van der Waals surface area contributed by atoms with E-state index in [0.29, 0.717) is 126 Å². The number of nitrogens with zero attached hydrogens (tertiary/aromatic N) is 5. The number of benzene rings is 8. The van der Waals surface area contributed by atoms with Crippen molar-refractivity contribution >= 4 is 157 Å². The molecule has 16 aromatic rings. The minimum absolute atomic E-state index is 0.0954. The smallest absolute Gasteiger partial charge is 0.328 e. The average molecular weight is 1680 g/mol. The van der Waals surface area contributed by atoms with E-state index >= 15 is 0 Å². The van der Waals surface area contributed by atoms with Gasteiger partial charge in [-0.1, -0.05) is 48.5 Å². The van der Waals surface area contributed by atoms with E-state index in [9.17, 15) is 58.8 Å². The minimum Gasteiger partial charge on any atom is -0.508 e. The number of carbonyl (C=O) groups excluding carboxylic acids is 4. The number of phenols is 4. The van der Waals surface area contributed by atoms with Crippen molar-refractivity contribution < 1.29 is 103 Å². The molecule has 0 fully saturated rings. The van der Waals surface area contributed by atoms with Gasteiger partial charge in [0.15, 0.2) is 28.8 Å². The number of ketones is 4. The molecule has 0 aliphatic carbocycles. The number of carbonyl (C=O) groups is 8. The summed E-state index contributed by atoms with van der Waals surface area (Å²) in [6.07, 6.45) is 19.5. The molecule has 0 bridgehead atoms. The maximum Gasteiger partial charge on any atom is 0.328 e. The number of fused-ring (bicyclic) bond motifs is 4. The largest absolute Gasteiger partial charge is 0.508 e. The van der Waals surface area contributed by atoms with Crippen LogP contribution >= 0.6 is 45.3 Å². The maximum absolute atomic E-state index is 13.2. The van der Waals surface area contributed by atoms with Crippen molar-refractivity contribution in [3.8, 4) is 69.0 Å². The molecule has 8 heterocycles. The highest BCUT2D eigenvalue weighted by molar-refractivity contribution is 7.22. The van der Waals surface area contributed by atoms with Crippen LogP contribution < -0.4 is 18.9 Å². The predicted molar refractivity (Wildman–Crippen MR) is 456 cm³/mol. The number of carboxylic acid groups (broad SMARTS) is 4. The highest BCUT2D eigenvalue weighted by Gasteiger charge is 2.29. The van der Waals surface area contributed by atoms with Crippen LogP contribution in [0.2, 0.25) is 0 Å². The lowest BCUT2D eigenvalue weighted by Crippen LogP contribution is -2.06. The number of phenolic OH excluding ortho intramolecular Hbond substituents is 4. The molecule has 0 atom stereocenters. The number of aryl methyl sites for hydroxylation is 4. The number of thiophene rings is 4. The molecular weight excluding hydrogens is 1620 g/mol. The molecule has 16 rings (SSSR count). The summed E-state index contributed by atoms with van der Waals surface area (Å²) in [5.41, 5.74) is 4.92. The zero-order chi connectivity index (χ0) is 85.0. The molecule has 0 unspecified atom stereocenters. The first-order valence-corrected chi connectivity index (χ1v) is 39.0. The van der Waals surface area contributed by atoms with Crippen molar-refractivity contribution in [1.82, 2.24) is 23.7 Å². The lowest BCUT2D eigenvalue weighted by Gasteiger charge is -2.08. The van der Waals surface area contributed by atoms with Gasteiger partial charge >= 0.3 is 23.9 Å². The Morgan fingerprint density at radius 1 is 0.358 bits per heavy atom. The molecule has 8 N–H and O–H groups in total. The van der Waals surface area contributed by atoms with Crippen molar-refractivity contribution in [2.75, 3.05) is 0 Å². The number of ether oxygens (including phenoxy) is 4. The van der Waals surface area contributed by atoms with Crippen LogP contribution in [0.4, 0.5) is 0 Å². The summed E-state index contributed by atoms with van der Waals surface area (Å²) < 4.78 is 37.6. The standard InChI is InChI=1S/C23H17NO5S.C23H16O6S.2C22H16N2O5S/c1-24-12-2-3-18(24)21(28)23-22(17-10-7-15(25)13-19(17)30-23)29-16-8-4-14(5-9-16)6-11-20(26)27;1-13-10-11-28-21(13)20(27)23-22(17-8-5-15(24)12-18(17)30-23)29-16-6-2-14(3-7-16)4-9-19(25)26;2*1-24-12-23-11-17(24)20(28)22-21(16-8-5-14(25)10-18(16)30-22)29-15-6-2-13(3-7-15)4-9-19(26)27/h2-13,25H,1H3,(H,26,27);2-12,24H,1H3,(H,25,26);2*2-12,25H,1H3,(H,26,27)/b11-6+;3*9-4+. The van der Waals surface area contributed by atoms with Gasteiger partial charge in [-0.2, -0.15) is 0 Å². The molecule has 0 saturated heterocycles. The Hall–Kier alpha value is -15.5. The molecule has 8 aromatic heterocycles. The third-order valence-corrected chi connectivity index (χ3v) is 22.3. The lowest BCUT2D eigenvalue weighted by atomic mass is 10.1. The Bertz CT molecular complexity index is 5940. The van der Waals surface area contributed by atoms with E-state index in [-0.39, 0.29) is 51.9 Å². The van der Waals surface area contributed by atoms with Crippen molar-refractivity contribution in [3.05, 3.63) is 320 Å². The van der Waals surface area contributed by atoms with Crippen molar-refractivity contribution in [2.24, 2.45) is 21.1 Å². The number of rotatable bonds is 24. The number of carboxylic acids is 4. The van der Waals surface area contributed by atoms with E-state index in [1.54, 1.807) is 243 Å². The Balaban J connectivity index is 0.000000138. The van der Waals surface area contributed by atoms with E-state index in [1.807, 2.05) is 0 Å². The van der Waals surface area contributed by atoms with Gasteiger partial charge in [-0.15, -0.1) is 45.3 Å². The Morgan fingerprint density at radius 2 is 0.642 bits per heavy atom. The highest BCUT2D eigenvalue weighted by atomic mass is 32.1. The van der Waals surface area contributed by atoms with Crippen LogP contribution in [-0.2, 0) is 40.3 Å². The third kappa shape index (κ3) is 19.5. The molecule has 0 spiro atoms. The Labute approximate surface area is 695 Å². The SMILES string of the molecule is Cc1ccoc1C(=O)c1sc2cc(O)ccc2c1Oc1ccc(/C=C/C(=O)O)cc1.Cn1cccc1C(=O)c1sc2cc(O)ccc2c1Oc1ccc(/C=C/C(=O)O)cc1.Cn1cncc1C(=O)c1sc2cc(O)ccc2c1Oc1ccc(/C=C/C(=O)O)cc1.Cn1cncc1C(=O)c1sc2cc(O)ccc2c1Oc1ccc(/C=C/C(=O)O)cc1. The van der Waals surface area contributed by atoms with Gasteiger partial charge in [0.25, 0.3) is 0 Å². The van der Waals surface area contributed by atoms with Crippen LogP contribution in [0.15, 0.2) is 254 Å². The summed E-state index contributed by atoms with van der Waals surface area (Å²) in [6.45, 7) is 1.79. The van der Waals surface area contributed by atoms with Gasteiger partial charge in [0, 0.05) is 92.0 Å². The zero-order valence-corrected chi connectivity index (χ0v) is 66.5. The number of furan rings is 1. The zero-order valence-electron chi connectivity index (χ0n) is 63.2. The fraction of sp³-hybridized carbons (Fsp3) is 0.0444. The summed E-state index contributed by atoms with van der Waals surface area (Å²) >= 11 is 4.95. The quantitative estimate of drug-likeness (QED) is 0.0206. The highest BCUT2D eigenvalue weighted by Crippen LogP contribution is 2.48. The van der Waals surface area contributed by atoms with Gasteiger partial charge < -0.3 is 77.9 Å². The van der Waals surface area contributed by atoms with Gasteiger partial charge in [-0.05, 0) is 199 Å². The molecule has 0 aliphatic rings. The molecule has 600 valence electrons. The summed E-state index contributed by atoms with van der Waals surface area (Å²) in [7, 11) is 5.28. The van der Waals surface area contributed by atoms with Gasteiger partial charge in [-0.3, -0.25) is 19.2 Å². The van der Waals surface area contributed by atoms with Crippen LogP contribution in [0.25, 0.3) is 64.6 Å². The predicted octanol–water partition coefficient (Wildman–Crippen LogP) is 19.6. The number of aromatic hydroxyl groups is 4. The average Bonchev–Trinajstić information content (AvgIpc) is 1.64. The van der Waals surface area contributed by atoms with E-state index in [1.165, 1.54) is 94.4 Å². The van der Waals surface area contributed by atoms with E-state index in [4.69, 9.17) is 43.8 Å². The molecular formula is C90H65N5O21S4. The summed E-state index contributed by atoms with van der Waals surface area (Å²) in [6, 6.07) is 52.0. The fourth-order valence-electron chi connectivity index (χ4n) is 11.9. The van der Waals surface area contributed by atoms with Gasteiger partial charge in [0.05, 0.1) is 37.0 Å². The van der Waals surface area contributed by atoms with Crippen molar-refractivity contribution in [3.63, 3.8) is 0 Å². The van der Waals surface area contributed by atoms with E-state index in [2.05, 4.69) is 9.97 Å². The fourth-order valence-corrected chi connectivity index (χ4v) is 16.3. The van der Waals surface area contributed by atoms with E-state index < -0.39 is 23.9 Å². The van der Waals surface area contributed by atoms with Gasteiger partial charge in [-0.25, -0.2) is 29.1 Å². The molecule has 0 saturated carbocycles. The van der Waals surface area contributed by atoms with Crippen molar-refractivity contribution in [1.29, 1.82) is 0 Å². The number of hydrogen-bond acceptors (Lipinski definition) is 23. The molecule has 0 radical (unpaired) electrons. The monoisotopic (exact) mass is 1680 g/mol. The molecule has 26 nitrogen and oxygen atoms in total. The third-order valence-electron chi connectivity index (χ3n) is 17.8. The maximum atomic E-state index is 13.2. The second-order valence-corrected chi connectivity index (χ2v) is 30.4. The lowest BCUT2D eigenvalue weighted by molar-refractivity contribution is -0.132. The van der Waals surface area contributed by atoms with Crippen LogP contribution in [0.1, 0.15) is 89.3 Å². The number of aromatic nitrogens is 5. The number of imidazole rings is 2. The second-order valence-electron chi connectivity index (χ2n) is 26.2. The number of aliphatic carboxylic acids is 4. The normalized spacial score (nSPS) is 11.2. The molecule has 0 amide bonds. The summed E-state index contributed by atoms with van der Waals surface area (Å²) in [5.74, 6) is -0.786. The summed E-state index contributed by atoms with van der Waals surface area (Å²) in [5, 5.41) is 77.1. The first-order chi connectivity index (χ1) is 57.7. The molecule has 0 aliphatic heterocycles. The van der Waals surface area contributed by atoms with Gasteiger partial charge in [0.2, 0.25) is 23.1 Å². The Morgan fingerprint density at radius 3 is 0.883 bits per heavy atom. The van der Waals surface area contributed by atoms with E-state index in [0.717, 1.165) is 49.4 Å². The minimum atomic E-state index is -1.03. The topological polar surface area (TPSA) is 389 Å². The van der Waals surface area contributed by atoms with Gasteiger partial charge in [0.1, 0.15) is 76.9 Å². The second kappa shape index (κ2) is 36.5. The van der Waals surface area contributed by atoms with Crippen LogP contribution in [-0.4, -0.2) is 112 Å². The molecule has 30 heteroatoms. The van der Waals surface area contributed by atoms with Crippen LogP contribution in [0.5, 0.6) is 69.0 Å². The van der Waals surface area contributed by atoms with Crippen molar-refractivity contribution in [2.45, 2.75) is 6.92 Å². The first kappa shape index (κ1) is 82.5. The Kier molecular flexibility index (Phi) is 25.1. The molecule has 120 heavy (non-hydrogen) atoms. The molecule has 8 aromatic carbocycles. The van der Waals surface area contributed by atoms with Crippen LogP contribution in [0.3, 0.4) is 0 Å². The number of hydrogen-bond donors (Lipinski definition) is 8. The van der Waals surface area contributed by atoms with Crippen LogP contribution in [0, 0.1) is 6.92 Å². The summed E-state index contributed by atoms with van der Waals surface area (Å²) in [4.78, 5) is 105. The first-order valence-electron chi connectivity index (χ1n) is 35.7.